The van der Waals surface area contributed by atoms with E-state index < -0.39 is 5.60 Å². The molecule has 1 aliphatic carbocycles. The van der Waals surface area contributed by atoms with Crippen LogP contribution in [0, 0.1) is 13.8 Å². The molecule has 1 aliphatic rings. The summed E-state index contributed by atoms with van der Waals surface area (Å²) in [6.07, 6.45) is 5.22. The first-order chi connectivity index (χ1) is 9.91. The van der Waals surface area contributed by atoms with Gasteiger partial charge >= 0.3 is 0 Å². The third-order valence-electron chi connectivity index (χ3n) is 4.47. The van der Waals surface area contributed by atoms with Gasteiger partial charge in [0.1, 0.15) is 5.76 Å². The first kappa shape index (κ1) is 16.0. The van der Waals surface area contributed by atoms with Crippen LogP contribution in [0.25, 0.3) is 0 Å². The van der Waals surface area contributed by atoms with Gasteiger partial charge in [0.15, 0.2) is 0 Å². The van der Waals surface area contributed by atoms with E-state index in [1.807, 2.05) is 20.8 Å². The van der Waals surface area contributed by atoms with Crippen molar-refractivity contribution in [2.45, 2.75) is 70.8 Å². The maximum atomic E-state index is 12.1. The molecular formula is C16H26N2O3. The van der Waals surface area contributed by atoms with Crippen LogP contribution in [0.1, 0.15) is 68.4 Å². The Hall–Kier alpha value is -1.36. The van der Waals surface area contributed by atoms with Gasteiger partial charge in [0.25, 0.3) is 0 Å². The first-order valence-electron chi connectivity index (χ1n) is 7.83. The van der Waals surface area contributed by atoms with Crippen molar-refractivity contribution in [1.29, 1.82) is 0 Å². The minimum Gasteiger partial charge on any atom is -0.388 e. The number of carbonyl (C=O) groups excluding carboxylic acids is 1. The lowest BCUT2D eigenvalue weighted by Crippen LogP contribution is -2.44. The molecule has 5 nitrogen and oxygen atoms in total. The molecule has 1 heterocycles. The summed E-state index contributed by atoms with van der Waals surface area (Å²) in [5, 5.41) is 17.2. The molecule has 0 radical (unpaired) electrons. The van der Waals surface area contributed by atoms with E-state index in [4.69, 9.17) is 4.52 Å². The number of hydrogen-bond acceptors (Lipinski definition) is 4. The molecule has 1 saturated carbocycles. The number of rotatable bonds is 5. The fourth-order valence-electron chi connectivity index (χ4n) is 3.30. The molecular weight excluding hydrogens is 268 g/mol. The maximum Gasteiger partial charge on any atom is 0.220 e. The second-order valence-electron chi connectivity index (χ2n) is 6.40. The van der Waals surface area contributed by atoms with E-state index in [0.29, 0.717) is 13.0 Å². The van der Waals surface area contributed by atoms with Gasteiger partial charge in [-0.05, 0) is 32.6 Å². The molecule has 1 atom stereocenters. The van der Waals surface area contributed by atoms with Crippen molar-refractivity contribution in [3.8, 4) is 0 Å². The molecule has 0 spiro atoms. The second kappa shape index (κ2) is 6.60. The number of amides is 1. The monoisotopic (exact) mass is 294 g/mol. The van der Waals surface area contributed by atoms with Gasteiger partial charge in [0.2, 0.25) is 5.91 Å². The van der Waals surface area contributed by atoms with Crippen LogP contribution >= 0.6 is 0 Å². The fourth-order valence-corrected chi connectivity index (χ4v) is 3.30. The smallest absolute Gasteiger partial charge is 0.220 e. The van der Waals surface area contributed by atoms with Crippen LogP contribution in [-0.2, 0) is 4.79 Å². The van der Waals surface area contributed by atoms with Gasteiger partial charge in [0.05, 0.1) is 11.3 Å². The maximum absolute atomic E-state index is 12.1. The highest BCUT2D eigenvalue weighted by Crippen LogP contribution is 2.28. The van der Waals surface area contributed by atoms with Gasteiger partial charge in [-0.15, -0.1) is 0 Å². The standard InChI is InChI=1S/C16H26N2O3/c1-11(15-12(2)18-21-13(15)3)9-14(19)17-10-16(20)7-5-4-6-8-16/h11,20H,4-10H2,1-3H3,(H,17,19). The van der Waals surface area contributed by atoms with Gasteiger partial charge < -0.3 is 14.9 Å². The number of carbonyl (C=O) groups is 1. The summed E-state index contributed by atoms with van der Waals surface area (Å²) in [7, 11) is 0. The molecule has 1 aromatic rings. The molecule has 2 N–H and O–H groups in total. The molecule has 0 aromatic carbocycles. The molecule has 1 aromatic heterocycles. The van der Waals surface area contributed by atoms with Gasteiger partial charge in [-0.25, -0.2) is 0 Å². The summed E-state index contributed by atoms with van der Waals surface area (Å²) in [5.41, 5.74) is 1.15. The van der Waals surface area contributed by atoms with Crippen LogP contribution in [0.3, 0.4) is 0 Å². The molecule has 5 heteroatoms. The average Bonchev–Trinajstić information content (AvgIpc) is 2.77. The summed E-state index contributed by atoms with van der Waals surface area (Å²) in [6.45, 7) is 6.13. The lowest BCUT2D eigenvalue weighted by atomic mass is 9.85. The number of nitrogens with zero attached hydrogens (tertiary/aromatic N) is 1. The molecule has 1 fully saturated rings. The van der Waals surface area contributed by atoms with Gasteiger partial charge in [0, 0.05) is 18.5 Å². The third-order valence-corrected chi connectivity index (χ3v) is 4.47. The molecule has 0 saturated heterocycles. The largest absolute Gasteiger partial charge is 0.388 e. The Morgan fingerprint density at radius 3 is 2.62 bits per heavy atom. The van der Waals surface area contributed by atoms with Crippen LogP contribution < -0.4 is 5.32 Å². The highest BCUT2D eigenvalue weighted by Gasteiger charge is 2.29. The van der Waals surface area contributed by atoms with E-state index in [2.05, 4.69) is 10.5 Å². The number of aliphatic hydroxyl groups is 1. The molecule has 0 aliphatic heterocycles. The quantitative estimate of drug-likeness (QED) is 0.875. The lowest BCUT2D eigenvalue weighted by molar-refractivity contribution is -0.123. The van der Waals surface area contributed by atoms with Gasteiger partial charge in [-0.3, -0.25) is 4.79 Å². The Morgan fingerprint density at radius 2 is 2.05 bits per heavy atom. The van der Waals surface area contributed by atoms with E-state index in [1.54, 1.807) is 0 Å². The van der Waals surface area contributed by atoms with Crippen molar-refractivity contribution in [3.05, 3.63) is 17.0 Å². The van der Waals surface area contributed by atoms with Crippen molar-refractivity contribution in [1.82, 2.24) is 10.5 Å². The zero-order chi connectivity index (χ0) is 15.5. The summed E-state index contributed by atoms with van der Waals surface area (Å²) < 4.78 is 5.15. The zero-order valence-corrected chi connectivity index (χ0v) is 13.2. The SMILES string of the molecule is Cc1noc(C)c1C(C)CC(=O)NCC1(O)CCCCC1. The second-order valence-corrected chi connectivity index (χ2v) is 6.40. The normalized spacial score (nSPS) is 19.2. The molecule has 2 rings (SSSR count). The Morgan fingerprint density at radius 1 is 1.38 bits per heavy atom. The summed E-state index contributed by atoms with van der Waals surface area (Å²) in [5.74, 6) is 0.817. The van der Waals surface area contributed by atoms with E-state index >= 15 is 0 Å². The van der Waals surface area contributed by atoms with Crippen LogP contribution in [0.2, 0.25) is 0 Å². The highest BCUT2D eigenvalue weighted by molar-refractivity contribution is 5.77. The van der Waals surface area contributed by atoms with Gasteiger partial charge in [-0.2, -0.15) is 0 Å². The predicted octanol–water partition coefficient (Wildman–Crippen LogP) is 2.60. The predicted molar refractivity (Wildman–Crippen MR) is 80.1 cm³/mol. The van der Waals surface area contributed by atoms with Crippen molar-refractivity contribution < 1.29 is 14.4 Å². The minimum atomic E-state index is -0.708. The Kier molecular flexibility index (Phi) is 5.04. The van der Waals surface area contributed by atoms with Crippen LogP contribution in [0.15, 0.2) is 4.52 Å². The Labute approximate surface area is 126 Å². The number of aryl methyl sites for hydroxylation is 2. The number of nitrogens with one attached hydrogen (secondary N) is 1. The van der Waals surface area contributed by atoms with Crippen molar-refractivity contribution in [2.75, 3.05) is 6.54 Å². The fraction of sp³-hybridized carbons (Fsp3) is 0.750. The van der Waals surface area contributed by atoms with E-state index in [9.17, 15) is 9.90 Å². The van der Waals surface area contributed by atoms with Crippen LogP contribution in [0.4, 0.5) is 0 Å². The topological polar surface area (TPSA) is 75.4 Å². The average molecular weight is 294 g/mol. The van der Waals surface area contributed by atoms with E-state index in [-0.39, 0.29) is 11.8 Å². The van der Waals surface area contributed by atoms with Crippen LogP contribution in [-0.4, -0.2) is 28.3 Å². The summed E-state index contributed by atoms with van der Waals surface area (Å²) in [6, 6.07) is 0. The molecule has 118 valence electrons. The summed E-state index contributed by atoms with van der Waals surface area (Å²) in [4.78, 5) is 12.1. The summed E-state index contributed by atoms with van der Waals surface area (Å²) >= 11 is 0. The first-order valence-corrected chi connectivity index (χ1v) is 7.83. The van der Waals surface area contributed by atoms with Gasteiger partial charge in [-0.1, -0.05) is 31.3 Å². The molecule has 21 heavy (non-hydrogen) atoms. The van der Waals surface area contributed by atoms with E-state index in [1.165, 1.54) is 6.42 Å². The minimum absolute atomic E-state index is 0.0264. The Balaban J connectivity index is 1.84. The number of hydrogen-bond donors (Lipinski definition) is 2. The highest BCUT2D eigenvalue weighted by atomic mass is 16.5. The number of aromatic nitrogens is 1. The molecule has 0 bridgehead atoms. The third kappa shape index (κ3) is 4.06. The van der Waals surface area contributed by atoms with Crippen molar-refractivity contribution >= 4 is 5.91 Å². The molecule has 1 unspecified atom stereocenters. The van der Waals surface area contributed by atoms with Crippen LogP contribution in [0.5, 0.6) is 0 Å². The van der Waals surface area contributed by atoms with E-state index in [0.717, 1.165) is 42.7 Å². The lowest BCUT2D eigenvalue weighted by Gasteiger charge is -2.32. The Bertz CT molecular complexity index is 470. The van der Waals surface area contributed by atoms with Crippen molar-refractivity contribution in [2.24, 2.45) is 0 Å². The van der Waals surface area contributed by atoms with Crippen molar-refractivity contribution in [3.63, 3.8) is 0 Å². The zero-order valence-electron chi connectivity index (χ0n) is 13.2. The molecule has 1 amide bonds.